The Bertz CT molecular complexity index is 1110. The highest BCUT2D eigenvalue weighted by atomic mass is 16.6. The van der Waals surface area contributed by atoms with Gasteiger partial charge < -0.3 is 20.1 Å². The maximum Gasteiger partial charge on any atom is 0.407 e. The van der Waals surface area contributed by atoms with Crippen molar-refractivity contribution in [3.63, 3.8) is 0 Å². The number of nitrogens with zero attached hydrogens (tertiary/aromatic N) is 1. The number of hydrogen-bond acceptors (Lipinski definition) is 4. The van der Waals surface area contributed by atoms with Crippen molar-refractivity contribution < 1.29 is 19.4 Å². The number of aliphatic hydroxyl groups is 1. The van der Waals surface area contributed by atoms with Crippen molar-refractivity contribution in [1.29, 1.82) is 0 Å². The van der Waals surface area contributed by atoms with Crippen molar-refractivity contribution in [2.45, 2.75) is 65.5 Å². The van der Waals surface area contributed by atoms with Crippen LogP contribution in [0.5, 0.6) is 0 Å². The molecule has 1 atom stereocenters. The van der Waals surface area contributed by atoms with Gasteiger partial charge >= 0.3 is 6.09 Å². The molecule has 2 aliphatic rings. The molecule has 0 radical (unpaired) electrons. The van der Waals surface area contributed by atoms with Crippen molar-refractivity contribution in [3.8, 4) is 0 Å². The molecule has 1 heterocycles. The molecule has 2 N–H and O–H groups in total. The minimum atomic E-state index is -0.617. The molecule has 37 heavy (non-hydrogen) atoms. The van der Waals surface area contributed by atoms with Gasteiger partial charge in [-0.05, 0) is 67.9 Å². The van der Waals surface area contributed by atoms with E-state index >= 15 is 0 Å². The van der Waals surface area contributed by atoms with Crippen LogP contribution >= 0.6 is 0 Å². The van der Waals surface area contributed by atoms with Crippen LogP contribution in [0.2, 0.25) is 0 Å². The Balaban J connectivity index is 0.00000380. The molecule has 6 nitrogen and oxygen atoms in total. The summed E-state index contributed by atoms with van der Waals surface area (Å²) >= 11 is 0. The standard InChI is InChI=1S/C30H36N2O4.CH4/c1-30(2,3)36-29(35)31-24(20-33)14-15-27(34)32-18-16-23(17-19-32)28-25-10-6-4-8-21(25)12-13-22-9-5-7-11-26(22)28;/h4-13,24,33H,14-20H2,1-3H3,(H,31,35);1H4/t24-;/m1./s1. The van der Waals surface area contributed by atoms with Crippen LogP contribution in [0.25, 0.3) is 17.7 Å². The van der Waals surface area contributed by atoms with Gasteiger partial charge in [0.15, 0.2) is 0 Å². The minimum absolute atomic E-state index is 0. The van der Waals surface area contributed by atoms with Crippen molar-refractivity contribution in [3.05, 3.63) is 76.4 Å². The van der Waals surface area contributed by atoms with Crippen LogP contribution in [-0.2, 0) is 9.53 Å². The maximum absolute atomic E-state index is 12.9. The number of piperidine rings is 1. The Hall–Kier alpha value is -3.38. The molecule has 2 aromatic carbocycles. The highest BCUT2D eigenvalue weighted by Crippen LogP contribution is 2.38. The van der Waals surface area contributed by atoms with Crippen LogP contribution in [0.15, 0.2) is 54.1 Å². The number of alkyl carbamates (subject to hydrolysis) is 1. The molecule has 0 saturated carbocycles. The average molecular weight is 505 g/mol. The number of rotatable bonds is 5. The molecular weight excluding hydrogens is 464 g/mol. The lowest BCUT2D eigenvalue weighted by Crippen LogP contribution is -2.42. The summed E-state index contributed by atoms with van der Waals surface area (Å²) in [6.07, 6.45) is 6.06. The molecular formula is C31H40N2O4. The normalized spacial score (nSPS) is 15.6. The third-order valence-electron chi connectivity index (χ3n) is 6.62. The summed E-state index contributed by atoms with van der Waals surface area (Å²) in [6.45, 7) is 6.44. The molecule has 1 aliphatic heterocycles. The van der Waals surface area contributed by atoms with E-state index in [0.717, 1.165) is 12.8 Å². The lowest BCUT2D eigenvalue weighted by Gasteiger charge is -2.31. The van der Waals surface area contributed by atoms with Crippen molar-refractivity contribution in [1.82, 2.24) is 10.2 Å². The third-order valence-corrected chi connectivity index (χ3v) is 6.62. The van der Waals surface area contributed by atoms with Crippen LogP contribution < -0.4 is 5.32 Å². The van der Waals surface area contributed by atoms with Crippen molar-refractivity contribution in [2.24, 2.45) is 0 Å². The second-order valence-corrected chi connectivity index (χ2v) is 10.4. The first kappa shape index (κ1) is 28.2. The maximum atomic E-state index is 12.9. The summed E-state index contributed by atoms with van der Waals surface area (Å²) in [5.74, 6) is 0.0480. The van der Waals surface area contributed by atoms with Crippen LogP contribution in [0.4, 0.5) is 4.79 Å². The quantitative estimate of drug-likeness (QED) is 0.454. The smallest absolute Gasteiger partial charge is 0.407 e. The highest BCUT2D eigenvalue weighted by Gasteiger charge is 2.25. The lowest BCUT2D eigenvalue weighted by molar-refractivity contribution is -0.131. The molecule has 1 saturated heterocycles. The Kier molecular flexibility index (Phi) is 9.33. The molecule has 0 bridgehead atoms. The summed E-state index contributed by atoms with van der Waals surface area (Å²) in [5, 5.41) is 12.3. The average Bonchev–Trinajstić information content (AvgIpc) is 3.02. The largest absolute Gasteiger partial charge is 0.444 e. The van der Waals surface area contributed by atoms with Gasteiger partial charge in [-0.15, -0.1) is 0 Å². The van der Waals surface area contributed by atoms with E-state index in [1.807, 2.05) is 4.90 Å². The SMILES string of the molecule is C.CC(C)(C)OC(=O)N[C@@H](CO)CCC(=O)N1CCC(=C2c3ccccc3C=Cc3ccccc32)CC1. The fraction of sp³-hybridized carbons (Fsp3) is 0.419. The van der Waals surface area contributed by atoms with E-state index in [4.69, 9.17) is 4.74 Å². The topological polar surface area (TPSA) is 78.9 Å². The van der Waals surface area contributed by atoms with E-state index in [-0.39, 0.29) is 26.4 Å². The van der Waals surface area contributed by atoms with Crippen LogP contribution in [0, 0.1) is 0 Å². The van der Waals surface area contributed by atoms with Gasteiger partial charge in [0.1, 0.15) is 5.60 Å². The fourth-order valence-corrected chi connectivity index (χ4v) is 4.86. The van der Waals surface area contributed by atoms with Gasteiger partial charge in [-0.1, -0.05) is 73.7 Å². The van der Waals surface area contributed by atoms with E-state index in [9.17, 15) is 14.7 Å². The molecule has 0 unspecified atom stereocenters. The van der Waals surface area contributed by atoms with Gasteiger partial charge in [0.2, 0.25) is 5.91 Å². The van der Waals surface area contributed by atoms with Crippen molar-refractivity contribution in [2.75, 3.05) is 19.7 Å². The molecule has 1 aliphatic carbocycles. The Morgan fingerprint density at radius 3 is 2.03 bits per heavy atom. The van der Waals surface area contributed by atoms with Gasteiger partial charge in [0.25, 0.3) is 0 Å². The zero-order valence-corrected chi connectivity index (χ0v) is 21.4. The number of hydrogen-bond donors (Lipinski definition) is 2. The van der Waals surface area contributed by atoms with Crippen LogP contribution in [0.3, 0.4) is 0 Å². The number of likely N-dealkylation sites (tertiary alicyclic amines) is 1. The Morgan fingerprint density at radius 1 is 0.973 bits per heavy atom. The summed E-state index contributed by atoms with van der Waals surface area (Å²) in [6, 6.07) is 16.5. The number of fused-ring (bicyclic) bond motifs is 2. The number of amides is 2. The number of ether oxygens (including phenoxy) is 1. The summed E-state index contributed by atoms with van der Waals surface area (Å²) in [5.41, 5.74) is 6.96. The molecule has 198 valence electrons. The van der Waals surface area contributed by atoms with E-state index in [1.54, 1.807) is 20.8 Å². The Labute approximate surface area is 221 Å². The van der Waals surface area contributed by atoms with Crippen molar-refractivity contribution >= 4 is 29.7 Å². The first-order valence-electron chi connectivity index (χ1n) is 12.7. The molecule has 6 heteroatoms. The molecule has 0 spiro atoms. The predicted octanol–water partition coefficient (Wildman–Crippen LogP) is 5.90. The predicted molar refractivity (Wildman–Crippen MR) is 150 cm³/mol. The van der Waals surface area contributed by atoms with E-state index in [1.165, 1.54) is 33.4 Å². The summed E-state index contributed by atoms with van der Waals surface area (Å²) < 4.78 is 5.26. The number of aliphatic hydroxyl groups excluding tert-OH is 1. The monoisotopic (exact) mass is 504 g/mol. The summed E-state index contributed by atoms with van der Waals surface area (Å²) in [4.78, 5) is 26.9. The second-order valence-electron chi connectivity index (χ2n) is 10.4. The number of carbonyl (C=O) groups excluding carboxylic acids is 2. The number of nitrogens with one attached hydrogen (secondary N) is 1. The molecule has 1 fully saturated rings. The van der Waals surface area contributed by atoms with Crippen LogP contribution in [0.1, 0.15) is 76.1 Å². The highest BCUT2D eigenvalue weighted by molar-refractivity contribution is 5.95. The number of benzene rings is 2. The van der Waals surface area contributed by atoms with Gasteiger partial charge in [-0.25, -0.2) is 4.79 Å². The van der Waals surface area contributed by atoms with E-state index in [2.05, 4.69) is 66.0 Å². The number of carbonyl (C=O) groups is 2. The Morgan fingerprint density at radius 2 is 1.51 bits per heavy atom. The first-order chi connectivity index (χ1) is 17.2. The summed E-state index contributed by atoms with van der Waals surface area (Å²) in [7, 11) is 0. The third kappa shape index (κ3) is 7.10. The molecule has 2 aromatic rings. The molecule has 2 amide bonds. The van der Waals surface area contributed by atoms with Crippen LogP contribution in [-0.4, -0.2) is 53.3 Å². The van der Waals surface area contributed by atoms with E-state index < -0.39 is 17.7 Å². The fourth-order valence-electron chi connectivity index (χ4n) is 4.86. The zero-order chi connectivity index (χ0) is 25.7. The molecule has 4 rings (SSSR count). The van der Waals surface area contributed by atoms with E-state index in [0.29, 0.717) is 19.5 Å². The van der Waals surface area contributed by atoms with Gasteiger partial charge in [0, 0.05) is 19.5 Å². The molecule has 0 aromatic heterocycles. The lowest BCUT2D eigenvalue weighted by atomic mass is 9.86. The van der Waals surface area contributed by atoms with Gasteiger partial charge in [-0.2, -0.15) is 0 Å². The van der Waals surface area contributed by atoms with Gasteiger partial charge in [-0.3, -0.25) is 4.79 Å². The van der Waals surface area contributed by atoms with Gasteiger partial charge in [0.05, 0.1) is 12.6 Å². The zero-order valence-electron chi connectivity index (χ0n) is 21.4. The minimum Gasteiger partial charge on any atom is -0.444 e. The second kappa shape index (κ2) is 12.2. The first-order valence-corrected chi connectivity index (χ1v) is 12.7.